The zero-order valence-corrected chi connectivity index (χ0v) is 35.0. The van der Waals surface area contributed by atoms with Crippen molar-refractivity contribution < 1.29 is 51.0 Å². The zero-order valence-electron chi connectivity index (χ0n) is 35.0. The second-order valence-electron chi connectivity index (χ2n) is 16.4. The van der Waals surface area contributed by atoms with Crippen LogP contribution in [0.15, 0.2) is 71.6 Å². The van der Waals surface area contributed by atoms with Crippen LogP contribution in [0.2, 0.25) is 0 Å². The molecule has 3 aliphatic heterocycles. The summed E-state index contributed by atoms with van der Waals surface area (Å²) in [6.45, 7) is 4.07. The molecule has 1 aliphatic carbocycles. The molecule has 0 radical (unpaired) electrons. The van der Waals surface area contributed by atoms with E-state index < -0.39 is 53.1 Å². The maximum atomic E-state index is 14.2. The molecule has 0 bridgehead atoms. The zero-order chi connectivity index (χ0) is 45.2. The molecular weight excluding hydrogens is 852 g/mol. The van der Waals surface area contributed by atoms with Gasteiger partial charge in [0.25, 0.3) is 17.7 Å². The summed E-state index contributed by atoms with van der Waals surface area (Å²) in [6.07, 6.45) is 2.47. The number of alkyl halides is 3. The largest absolute Gasteiger partial charge is 0.444 e. The third-order valence-corrected chi connectivity index (χ3v) is 11.7. The van der Waals surface area contributed by atoms with E-state index in [0.29, 0.717) is 87.5 Å². The fourth-order valence-corrected chi connectivity index (χ4v) is 8.16. The Balaban J connectivity index is 0.719. The van der Waals surface area contributed by atoms with E-state index in [-0.39, 0.29) is 35.6 Å². The molecule has 0 spiro atoms. The van der Waals surface area contributed by atoms with Crippen LogP contribution < -0.4 is 16.0 Å². The first-order valence-electron chi connectivity index (χ1n) is 21.4. The summed E-state index contributed by atoms with van der Waals surface area (Å²) in [6, 6.07) is 12.7. The van der Waals surface area contributed by atoms with Crippen LogP contribution in [0.4, 0.5) is 24.7 Å². The standard InChI is InChI=1S/C45H44F3N9O8/c46-45(47,48)39-33(51-40(59)34-25-65-42(52-34)28-12-13-49-36(20-28)50-21-26-6-7-26)24-56(54-39)31-9-8-29-22-55(23-30(29)19-31)14-16-64-18-17-63-15-2-4-27-3-1-5-32-38(27)44(62)57(43(32)61)35-10-11-37(58)53-41(35)60/h1,3,5,8-9,12-13,19-20,24-26,35H,2,4,6-7,10-11,14-18,21-23H2,(H,49,50)(H,51,59)(H,53,58,60). The number of nitrogens with zero attached hydrogens (tertiary/aromatic N) is 6. The molecule has 1 saturated carbocycles. The maximum Gasteiger partial charge on any atom is 0.437 e. The molecule has 3 aromatic heterocycles. The molecule has 5 amide bonds. The van der Waals surface area contributed by atoms with Gasteiger partial charge in [-0.15, -0.1) is 0 Å². The summed E-state index contributed by atoms with van der Waals surface area (Å²) in [5.74, 6) is -1.68. The lowest BCUT2D eigenvalue weighted by Gasteiger charge is -2.27. The third kappa shape index (κ3) is 9.69. The smallest absolute Gasteiger partial charge is 0.437 e. The molecular formula is C45H44F3N9O8. The van der Waals surface area contributed by atoms with E-state index in [4.69, 9.17) is 13.9 Å². The van der Waals surface area contributed by atoms with Gasteiger partial charge in [0.15, 0.2) is 11.4 Å². The minimum atomic E-state index is -4.86. The minimum Gasteiger partial charge on any atom is -0.444 e. The number of piperidine rings is 1. The molecule has 3 N–H and O–H groups in total. The van der Waals surface area contributed by atoms with Crippen molar-refractivity contribution in [2.45, 2.75) is 63.8 Å². The highest BCUT2D eigenvalue weighted by molar-refractivity contribution is 6.24. The van der Waals surface area contributed by atoms with Gasteiger partial charge >= 0.3 is 6.18 Å². The minimum absolute atomic E-state index is 0.0496. The molecule has 1 atom stereocenters. The lowest BCUT2D eigenvalue weighted by molar-refractivity contribution is -0.140. The SMILES string of the molecule is O=C1CCC(N2C(=O)c3cccc(CCCOCCOCCN4Cc5ccc(-n6cc(NC(=O)c7coc(-c8ccnc(NCC9CC9)c8)n7)c(C(F)(F)F)n6)cc5C4)c3C2=O)C(=O)N1. The maximum absolute atomic E-state index is 14.2. The first-order valence-corrected chi connectivity index (χ1v) is 21.4. The van der Waals surface area contributed by atoms with E-state index >= 15 is 0 Å². The van der Waals surface area contributed by atoms with Crippen molar-refractivity contribution in [2.24, 2.45) is 5.92 Å². The second kappa shape index (κ2) is 18.4. The first kappa shape index (κ1) is 43.5. The molecule has 20 heteroatoms. The number of hydrogen-bond acceptors (Lipinski definition) is 13. The fourth-order valence-electron chi connectivity index (χ4n) is 8.16. The number of pyridine rings is 1. The van der Waals surface area contributed by atoms with Gasteiger partial charge < -0.3 is 24.5 Å². The molecule has 1 saturated heterocycles. The van der Waals surface area contributed by atoms with Crippen LogP contribution in [0, 0.1) is 5.92 Å². The van der Waals surface area contributed by atoms with Gasteiger partial charge in [-0.1, -0.05) is 18.2 Å². The van der Waals surface area contributed by atoms with Crippen molar-refractivity contribution in [2.75, 3.05) is 50.2 Å². The van der Waals surface area contributed by atoms with Crippen molar-refractivity contribution in [3.05, 3.63) is 106 Å². The average molecular weight is 896 g/mol. The van der Waals surface area contributed by atoms with Gasteiger partial charge in [0.2, 0.25) is 17.7 Å². The Labute approximate surface area is 369 Å². The van der Waals surface area contributed by atoms with Crippen LogP contribution in [-0.2, 0) is 44.7 Å². The predicted octanol–water partition coefficient (Wildman–Crippen LogP) is 5.40. The van der Waals surface area contributed by atoms with Gasteiger partial charge in [0.1, 0.15) is 18.1 Å². The van der Waals surface area contributed by atoms with E-state index in [1.54, 1.807) is 48.7 Å². The normalized spacial score (nSPS) is 17.4. The van der Waals surface area contributed by atoms with Gasteiger partial charge in [-0.3, -0.25) is 39.1 Å². The summed E-state index contributed by atoms with van der Waals surface area (Å²) in [4.78, 5) is 75.2. The molecule has 1 unspecified atom stereocenters. The number of aryl methyl sites for hydroxylation is 1. The lowest BCUT2D eigenvalue weighted by Crippen LogP contribution is -2.54. The van der Waals surface area contributed by atoms with Crippen LogP contribution in [0.25, 0.3) is 17.1 Å². The van der Waals surface area contributed by atoms with Crippen molar-refractivity contribution in [1.82, 2.24) is 34.9 Å². The Kier molecular flexibility index (Phi) is 12.3. The van der Waals surface area contributed by atoms with Crippen LogP contribution >= 0.6 is 0 Å². The molecule has 2 fully saturated rings. The highest BCUT2D eigenvalue weighted by atomic mass is 19.4. The number of aromatic nitrogens is 4. The number of halogens is 3. The Morgan fingerprint density at radius 2 is 1.75 bits per heavy atom. The number of nitrogens with one attached hydrogen (secondary N) is 3. The molecule has 9 rings (SSSR count). The van der Waals surface area contributed by atoms with Crippen molar-refractivity contribution >= 4 is 41.0 Å². The molecule has 17 nitrogen and oxygen atoms in total. The summed E-state index contributed by atoms with van der Waals surface area (Å²) in [7, 11) is 0. The van der Waals surface area contributed by atoms with E-state index in [1.807, 2.05) is 6.07 Å². The van der Waals surface area contributed by atoms with Crippen molar-refractivity contribution in [3.8, 4) is 17.1 Å². The summed E-state index contributed by atoms with van der Waals surface area (Å²) in [5.41, 5.74) is 2.12. The molecule has 338 valence electrons. The van der Waals surface area contributed by atoms with Gasteiger partial charge in [-0.2, -0.15) is 18.3 Å². The summed E-state index contributed by atoms with van der Waals surface area (Å²) < 4.78 is 60.8. The number of carbonyl (C=O) groups is 5. The second-order valence-corrected chi connectivity index (χ2v) is 16.4. The first-order chi connectivity index (χ1) is 31.4. The quantitative estimate of drug-likeness (QED) is 0.0747. The number of hydrogen-bond donors (Lipinski definition) is 3. The predicted molar refractivity (Wildman–Crippen MR) is 225 cm³/mol. The number of ether oxygens (including phenoxy) is 2. The molecule has 5 aromatic rings. The topological polar surface area (TPSA) is 203 Å². The number of imide groups is 2. The Bertz CT molecular complexity index is 2660. The number of oxazole rings is 1. The number of benzene rings is 2. The number of rotatable bonds is 18. The average Bonchev–Trinajstić information content (AvgIpc) is 3.56. The number of anilines is 2. The molecule has 6 heterocycles. The highest BCUT2D eigenvalue weighted by Gasteiger charge is 2.45. The number of carbonyl (C=O) groups excluding carboxylic acids is 5. The lowest BCUT2D eigenvalue weighted by atomic mass is 9.99. The van der Waals surface area contributed by atoms with E-state index in [1.165, 1.54) is 12.8 Å². The van der Waals surface area contributed by atoms with Crippen molar-refractivity contribution in [1.29, 1.82) is 0 Å². The van der Waals surface area contributed by atoms with Gasteiger partial charge in [-0.25, -0.2) is 14.6 Å². The van der Waals surface area contributed by atoms with Crippen molar-refractivity contribution in [3.63, 3.8) is 0 Å². The molecule has 2 aromatic carbocycles. The summed E-state index contributed by atoms with van der Waals surface area (Å²) in [5, 5.41) is 11.6. The third-order valence-electron chi connectivity index (χ3n) is 11.7. The monoisotopic (exact) mass is 895 g/mol. The summed E-state index contributed by atoms with van der Waals surface area (Å²) >= 11 is 0. The van der Waals surface area contributed by atoms with Crippen LogP contribution in [0.1, 0.15) is 85.7 Å². The fraction of sp³-hybridized carbons (Fsp3) is 0.378. The van der Waals surface area contributed by atoms with Crippen LogP contribution in [-0.4, -0.2) is 105 Å². The molecule has 4 aliphatic rings. The highest BCUT2D eigenvalue weighted by Crippen LogP contribution is 2.36. The van der Waals surface area contributed by atoms with E-state index in [0.717, 1.165) is 39.7 Å². The van der Waals surface area contributed by atoms with Crippen LogP contribution in [0.3, 0.4) is 0 Å². The Morgan fingerprint density at radius 3 is 2.55 bits per heavy atom. The Hall–Kier alpha value is -6.77. The van der Waals surface area contributed by atoms with Gasteiger partial charge in [0, 0.05) is 51.0 Å². The molecule has 65 heavy (non-hydrogen) atoms. The van der Waals surface area contributed by atoms with Crippen LogP contribution in [0.5, 0.6) is 0 Å². The van der Waals surface area contributed by atoms with E-state index in [9.17, 15) is 37.1 Å². The number of amides is 5. The van der Waals surface area contributed by atoms with Gasteiger partial charge in [0.05, 0.1) is 48.5 Å². The number of fused-ring (bicyclic) bond motifs is 2. The Morgan fingerprint density at radius 1 is 0.938 bits per heavy atom. The van der Waals surface area contributed by atoms with Gasteiger partial charge in [-0.05, 0) is 85.0 Å². The van der Waals surface area contributed by atoms with E-state index in [2.05, 4.69) is 35.9 Å².